The fraction of sp³-hybridized carbons (Fsp3) is 0.100. The third kappa shape index (κ3) is 1.80. The van der Waals surface area contributed by atoms with Crippen molar-refractivity contribution in [1.29, 1.82) is 0 Å². The lowest BCUT2D eigenvalue weighted by atomic mass is 10.1. The highest BCUT2D eigenvalue weighted by Gasteiger charge is 2.04. The fourth-order valence-electron chi connectivity index (χ4n) is 1.33. The van der Waals surface area contributed by atoms with E-state index in [-0.39, 0.29) is 6.42 Å². The van der Waals surface area contributed by atoms with Crippen LogP contribution in [0.15, 0.2) is 33.4 Å². The molecule has 1 aromatic heterocycles. The van der Waals surface area contributed by atoms with Gasteiger partial charge in [-0.3, -0.25) is 4.79 Å². The van der Waals surface area contributed by atoms with Gasteiger partial charge in [0.05, 0.1) is 6.42 Å². The molecule has 0 aliphatic carbocycles. The summed E-state index contributed by atoms with van der Waals surface area (Å²) in [5, 5.41) is 9.57. The molecule has 0 bridgehead atoms. The van der Waals surface area contributed by atoms with Crippen LogP contribution in [0.25, 0.3) is 11.0 Å². The lowest BCUT2D eigenvalue weighted by Crippen LogP contribution is -1.99. The van der Waals surface area contributed by atoms with Gasteiger partial charge in [-0.1, -0.05) is 12.1 Å². The SMILES string of the molecule is O=C(O)Cc1ccc2cc(Br)oc2c1. The third-order valence-electron chi connectivity index (χ3n) is 1.91. The van der Waals surface area contributed by atoms with E-state index in [0.717, 1.165) is 10.9 Å². The second kappa shape index (κ2) is 3.46. The minimum Gasteiger partial charge on any atom is -0.481 e. The van der Waals surface area contributed by atoms with Gasteiger partial charge in [-0.2, -0.15) is 0 Å². The summed E-state index contributed by atoms with van der Waals surface area (Å²) in [6.45, 7) is 0. The first kappa shape index (κ1) is 9.27. The molecule has 0 atom stereocenters. The summed E-state index contributed by atoms with van der Waals surface area (Å²) < 4.78 is 5.97. The predicted octanol–water partition coefficient (Wildman–Crippen LogP) is 2.82. The smallest absolute Gasteiger partial charge is 0.307 e. The Labute approximate surface area is 88.5 Å². The number of aliphatic carboxylic acids is 1. The molecule has 0 aliphatic rings. The highest BCUT2D eigenvalue weighted by molar-refractivity contribution is 9.10. The third-order valence-corrected chi connectivity index (χ3v) is 2.30. The number of hydrogen-bond donors (Lipinski definition) is 1. The van der Waals surface area contributed by atoms with Gasteiger partial charge in [-0.25, -0.2) is 0 Å². The Kier molecular flexibility index (Phi) is 2.29. The summed E-state index contributed by atoms with van der Waals surface area (Å²) in [4.78, 5) is 10.5. The monoisotopic (exact) mass is 254 g/mol. The van der Waals surface area contributed by atoms with Crippen molar-refractivity contribution < 1.29 is 14.3 Å². The molecular formula is C10H7BrO3. The molecule has 0 amide bonds. The number of carboxylic acid groups (broad SMARTS) is 1. The lowest BCUT2D eigenvalue weighted by Gasteiger charge is -1.95. The van der Waals surface area contributed by atoms with Crippen molar-refractivity contribution in [2.75, 3.05) is 0 Å². The molecule has 1 aromatic carbocycles. The van der Waals surface area contributed by atoms with Gasteiger partial charge in [-0.15, -0.1) is 0 Å². The summed E-state index contributed by atoms with van der Waals surface area (Å²) in [6.07, 6.45) is 0.0221. The Hall–Kier alpha value is -1.29. The lowest BCUT2D eigenvalue weighted by molar-refractivity contribution is -0.136. The fourth-order valence-corrected chi connectivity index (χ4v) is 1.75. The van der Waals surface area contributed by atoms with Crippen molar-refractivity contribution in [1.82, 2.24) is 0 Å². The van der Waals surface area contributed by atoms with E-state index in [2.05, 4.69) is 15.9 Å². The molecule has 4 heteroatoms. The zero-order valence-corrected chi connectivity index (χ0v) is 8.74. The average Bonchev–Trinajstić information content (AvgIpc) is 2.42. The van der Waals surface area contributed by atoms with Crippen LogP contribution in [0.1, 0.15) is 5.56 Å². The largest absolute Gasteiger partial charge is 0.481 e. The average molecular weight is 255 g/mol. The molecule has 3 nitrogen and oxygen atoms in total. The quantitative estimate of drug-likeness (QED) is 0.897. The summed E-state index contributed by atoms with van der Waals surface area (Å²) in [7, 11) is 0. The van der Waals surface area contributed by atoms with Gasteiger partial charge in [0.1, 0.15) is 5.58 Å². The zero-order chi connectivity index (χ0) is 10.1. The van der Waals surface area contributed by atoms with Crippen molar-refractivity contribution in [2.24, 2.45) is 0 Å². The van der Waals surface area contributed by atoms with Crippen LogP contribution < -0.4 is 0 Å². The second-order valence-electron chi connectivity index (χ2n) is 2.99. The first-order valence-corrected chi connectivity index (χ1v) is 4.84. The molecule has 1 heterocycles. The van der Waals surface area contributed by atoms with Crippen LogP contribution in [0.5, 0.6) is 0 Å². The molecule has 14 heavy (non-hydrogen) atoms. The van der Waals surface area contributed by atoms with Gasteiger partial charge in [0.25, 0.3) is 0 Å². The van der Waals surface area contributed by atoms with E-state index < -0.39 is 5.97 Å². The van der Waals surface area contributed by atoms with Crippen LogP contribution in [0, 0.1) is 0 Å². The van der Waals surface area contributed by atoms with Gasteiger partial charge >= 0.3 is 5.97 Å². The maximum Gasteiger partial charge on any atom is 0.307 e. The van der Waals surface area contributed by atoms with Crippen molar-refractivity contribution in [2.45, 2.75) is 6.42 Å². The Morgan fingerprint density at radius 3 is 2.93 bits per heavy atom. The number of halogens is 1. The van der Waals surface area contributed by atoms with Crippen LogP contribution in [-0.4, -0.2) is 11.1 Å². The minimum absolute atomic E-state index is 0.0221. The number of rotatable bonds is 2. The molecule has 0 saturated heterocycles. The molecule has 0 fully saturated rings. The molecule has 0 unspecified atom stereocenters. The molecule has 0 aliphatic heterocycles. The molecule has 72 valence electrons. The summed E-state index contributed by atoms with van der Waals surface area (Å²) >= 11 is 3.22. The van der Waals surface area contributed by atoms with Crippen LogP contribution in [0.3, 0.4) is 0 Å². The van der Waals surface area contributed by atoms with E-state index >= 15 is 0 Å². The van der Waals surface area contributed by atoms with Gasteiger partial charge in [0.15, 0.2) is 4.67 Å². The number of carbonyl (C=O) groups is 1. The van der Waals surface area contributed by atoms with E-state index in [1.807, 2.05) is 12.1 Å². The molecule has 0 radical (unpaired) electrons. The Morgan fingerprint density at radius 1 is 1.43 bits per heavy atom. The van der Waals surface area contributed by atoms with Gasteiger partial charge in [0, 0.05) is 5.39 Å². The molecule has 1 N–H and O–H groups in total. The Balaban J connectivity index is 2.45. The first-order valence-electron chi connectivity index (χ1n) is 4.05. The molecular weight excluding hydrogens is 248 g/mol. The number of benzene rings is 1. The van der Waals surface area contributed by atoms with E-state index in [1.54, 1.807) is 12.1 Å². The second-order valence-corrected chi connectivity index (χ2v) is 3.77. The topological polar surface area (TPSA) is 50.4 Å². The zero-order valence-electron chi connectivity index (χ0n) is 7.16. The molecule has 0 saturated carbocycles. The Morgan fingerprint density at radius 2 is 2.21 bits per heavy atom. The van der Waals surface area contributed by atoms with E-state index in [4.69, 9.17) is 9.52 Å². The maximum absolute atomic E-state index is 10.5. The number of fused-ring (bicyclic) bond motifs is 1. The summed E-state index contributed by atoms with van der Waals surface area (Å²) in [5.41, 5.74) is 1.45. The van der Waals surface area contributed by atoms with Gasteiger partial charge in [0.2, 0.25) is 0 Å². The van der Waals surface area contributed by atoms with E-state index in [0.29, 0.717) is 10.3 Å². The highest BCUT2D eigenvalue weighted by Crippen LogP contribution is 2.24. The normalized spacial score (nSPS) is 10.6. The van der Waals surface area contributed by atoms with Crippen molar-refractivity contribution in [3.63, 3.8) is 0 Å². The van der Waals surface area contributed by atoms with Crippen molar-refractivity contribution in [3.05, 3.63) is 34.5 Å². The molecule has 2 aromatic rings. The van der Waals surface area contributed by atoms with Gasteiger partial charge in [-0.05, 0) is 33.6 Å². The predicted molar refractivity (Wildman–Crippen MR) is 55.3 cm³/mol. The maximum atomic E-state index is 10.5. The number of hydrogen-bond acceptors (Lipinski definition) is 2. The number of furan rings is 1. The van der Waals surface area contributed by atoms with Crippen LogP contribution in [0.4, 0.5) is 0 Å². The highest BCUT2D eigenvalue weighted by atomic mass is 79.9. The number of carboxylic acids is 1. The summed E-state index contributed by atoms with van der Waals surface area (Å²) in [5.74, 6) is -0.838. The molecule has 0 spiro atoms. The van der Waals surface area contributed by atoms with Gasteiger partial charge < -0.3 is 9.52 Å². The van der Waals surface area contributed by atoms with E-state index in [9.17, 15) is 4.79 Å². The van der Waals surface area contributed by atoms with Crippen LogP contribution >= 0.6 is 15.9 Å². The molecule has 2 rings (SSSR count). The minimum atomic E-state index is -0.838. The van der Waals surface area contributed by atoms with E-state index in [1.165, 1.54) is 0 Å². The van der Waals surface area contributed by atoms with Crippen LogP contribution in [0.2, 0.25) is 0 Å². The van der Waals surface area contributed by atoms with Crippen LogP contribution in [-0.2, 0) is 11.2 Å². The summed E-state index contributed by atoms with van der Waals surface area (Å²) in [6, 6.07) is 7.23. The van der Waals surface area contributed by atoms with Crippen molar-refractivity contribution in [3.8, 4) is 0 Å². The first-order chi connectivity index (χ1) is 6.65. The standard InChI is InChI=1S/C10H7BrO3/c11-9-5-7-2-1-6(4-10(12)13)3-8(7)14-9/h1-3,5H,4H2,(H,12,13). The van der Waals surface area contributed by atoms with Crippen molar-refractivity contribution >= 4 is 32.9 Å². The Bertz CT molecular complexity index is 487.